The summed E-state index contributed by atoms with van der Waals surface area (Å²) in [4.78, 5) is 22.8. The predicted molar refractivity (Wildman–Crippen MR) is 59.5 cm³/mol. The molecule has 0 bridgehead atoms. The van der Waals surface area contributed by atoms with Crippen molar-refractivity contribution in [3.8, 4) is 0 Å². The van der Waals surface area contributed by atoms with Crippen molar-refractivity contribution in [2.75, 3.05) is 0 Å². The molecule has 4 N–H and O–H groups in total. The summed E-state index contributed by atoms with van der Waals surface area (Å²) in [6.45, 7) is 0. The van der Waals surface area contributed by atoms with Gasteiger partial charge in [-0.2, -0.15) is 0 Å². The van der Waals surface area contributed by atoms with E-state index in [0.29, 0.717) is 12.8 Å². The average molecular weight is 225 g/mol. The van der Waals surface area contributed by atoms with E-state index in [0.717, 1.165) is 25.7 Å². The number of carbonyl (C=O) groups is 2. The first-order valence-corrected chi connectivity index (χ1v) is 6.02. The zero-order valence-electron chi connectivity index (χ0n) is 9.37. The van der Waals surface area contributed by atoms with Crippen LogP contribution in [0.3, 0.4) is 0 Å². The highest BCUT2D eigenvalue weighted by Gasteiger charge is 2.30. The maximum Gasteiger partial charge on any atom is 0.242 e. The van der Waals surface area contributed by atoms with Gasteiger partial charge in [-0.1, -0.05) is 12.8 Å². The lowest BCUT2D eigenvalue weighted by Crippen LogP contribution is -2.53. The molecule has 5 nitrogen and oxygen atoms in total. The minimum absolute atomic E-state index is 0.0342. The van der Waals surface area contributed by atoms with Crippen LogP contribution in [0.15, 0.2) is 0 Å². The number of hydrogen-bond acceptors (Lipinski definition) is 3. The van der Waals surface area contributed by atoms with Crippen LogP contribution in [-0.4, -0.2) is 29.9 Å². The lowest BCUT2D eigenvalue weighted by Gasteiger charge is -2.30. The van der Waals surface area contributed by atoms with Crippen LogP contribution >= 0.6 is 0 Å². The number of carbonyl (C=O) groups excluding carboxylic acids is 2. The summed E-state index contributed by atoms with van der Waals surface area (Å²) in [7, 11) is 0. The Balaban J connectivity index is 1.84. The van der Waals surface area contributed by atoms with Gasteiger partial charge in [-0.05, 0) is 19.3 Å². The SMILES string of the molecule is NC1CCCCC1NC(=O)[C@H]1CCC(=O)N1. The van der Waals surface area contributed by atoms with Crippen molar-refractivity contribution in [1.82, 2.24) is 10.6 Å². The zero-order valence-corrected chi connectivity index (χ0v) is 9.37. The Bertz CT molecular complexity index is 293. The van der Waals surface area contributed by atoms with Gasteiger partial charge in [-0.15, -0.1) is 0 Å². The van der Waals surface area contributed by atoms with E-state index in [1.165, 1.54) is 0 Å². The van der Waals surface area contributed by atoms with Gasteiger partial charge in [0.25, 0.3) is 0 Å². The molecule has 2 unspecified atom stereocenters. The number of nitrogens with two attached hydrogens (primary N) is 1. The molecule has 2 rings (SSSR count). The first-order valence-electron chi connectivity index (χ1n) is 6.02. The molecule has 0 aromatic heterocycles. The van der Waals surface area contributed by atoms with E-state index in [1.807, 2.05) is 0 Å². The Kier molecular flexibility index (Phi) is 3.43. The second kappa shape index (κ2) is 4.82. The third kappa shape index (κ3) is 2.52. The third-order valence-corrected chi connectivity index (χ3v) is 3.46. The van der Waals surface area contributed by atoms with Gasteiger partial charge in [0.15, 0.2) is 0 Å². The minimum atomic E-state index is -0.346. The first kappa shape index (κ1) is 11.4. The fourth-order valence-corrected chi connectivity index (χ4v) is 2.43. The highest BCUT2D eigenvalue weighted by Crippen LogP contribution is 2.17. The molecule has 2 aliphatic rings. The standard InChI is InChI=1S/C11H19N3O2/c12-7-3-1-2-4-8(7)14-11(16)9-5-6-10(15)13-9/h7-9H,1-6,12H2,(H,13,15)(H,14,16)/t7?,8?,9-/m1/s1. The molecule has 5 heteroatoms. The maximum atomic E-state index is 11.8. The highest BCUT2D eigenvalue weighted by molar-refractivity contribution is 5.90. The molecule has 1 aliphatic carbocycles. The average Bonchev–Trinajstić information content (AvgIpc) is 2.68. The molecule has 0 aromatic carbocycles. The van der Waals surface area contributed by atoms with Crippen LogP contribution < -0.4 is 16.4 Å². The van der Waals surface area contributed by atoms with Crippen molar-refractivity contribution in [3.05, 3.63) is 0 Å². The Morgan fingerprint density at radius 2 is 2.06 bits per heavy atom. The Morgan fingerprint density at radius 1 is 1.31 bits per heavy atom. The maximum absolute atomic E-state index is 11.8. The third-order valence-electron chi connectivity index (χ3n) is 3.46. The van der Waals surface area contributed by atoms with Crippen molar-refractivity contribution in [1.29, 1.82) is 0 Å². The van der Waals surface area contributed by atoms with E-state index in [2.05, 4.69) is 10.6 Å². The van der Waals surface area contributed by atoms with Crippen molar-refractivity contribution >= 4 is 11.8 Å². The van der Waals surface area contributed by atoms with Gasteiger partial charge in [0.1, 0.15) is 6.04 Å². The molecular formula is C11H19N3O2. The molecule has 0 spiro atoms. The highest BCUT2D eigenvalue weighted by atomic mass is 16.2. The summed E-state index contributed by atoms with van der Waals surface area (Å²) in [5.41, 5.74) is 5.95. The summed E-state index contributed by atoms with van der Waals surface area (Å²) in [6, 6.07) is -0.199. The number of hydrogen-bond donors (Lipinski definition) is 3. The fourth-order valence-electron chi connectivity index (χ4n) is 2.43. The van der Waals surface area contributed by atoms with Crippen molar-refractivity contribution < 1.29 is 9.59 Å². The van der Waals surface area contributed by atoms with Gasteiger partial charge in [0.2, 0.25) is 11.8 Å². The molecule has 0 aromatic rings. The fraction of sp³-hybridized carbons (Fsp3) is 0.818. The number of rotatable bonds is 2. The topological polar surface area (TPSA) is 84.2 Å². The monoisotopic (exact) mass is 225 g/mol. The second-order valence-corrected chi connectivity index (χ2v) is 4.72. The van der Waals surface area contributed by atoms with Crippen LogP contribution in [0.1, 0.15) is 38.5 Å². The Hall–Kier alpha value is -1.10. The normalized spacial score (nSPS) is 34.6. The smallest absolute Gasteiger partial charge is 0.242 e. The van der Waals surface area contributed by atoms with Crippen LogP contribution in [0.2, 0.25) is 0 Å². The molecule has 90 valence electrons. The van der Waals surface area contributed by atoms with Gasteiger partial charge < -0.3 is 16.4 Å². The lowest BCUT2D eigenvalue weighted by molar-refractivity contribution is -0.126. The van der Waals surface area contributed by atoms with Crippen LogP contribution in [0, 0.1) is 0 Å². The predicted octanol–water partition coefficient (Wildman–Crippen LogP) is -0.349. The quantitative estimate of drug-likeness (QED) is 0.600. The van der Waals surface area contributed by atoms with Gasteiger partial charge >= 0.3 is 0 Å². The van der Waals surface area contributed by atoms with Gasteiger partial charge in [0, 0.05) is 18.5 Å². The van der Waals surface area contributed by atoms with E-state index in [9.17, 15) is 9.59 Å². The zero-order chi connectivity index (χ0) is 11.5. The summed E-state index contributed by atoms with van der Waals surface area (Å²) < 4.78 is 0. The van der Waals surface area contributed by atoms with Crippen molar-refractivity contribution in [3.63, 3.8) is 0 Å². The molecule has 1 aliphatic heterocycles. The van der Waals surface area contributed by atoms with E-state index in [-0.39, 0.29) is 29.9 Å². The molecule has 1 heterocycles. The van der Waals surface area contributed by atoms with Crippen molar-refractivity contribution in [2.45, 2.75) is 56.7 Å². The van der Waals surface area contributed by atoms with Crippen LogP contribution in [0.4, 0.5) is 0 Å². The molecule has 0 radical (unpaired) electrons. The minimum Gasteiger partial charge on any atom is -0.350 e. The Morgan fingerprint density at radius 3 is 2.69 bits per heavy atom. The van der Waals surface area contributed by atoms with E-state index < -0.39 is 0 Å². The lowest BCUT2D eigenvalue weighted by atomic mass is 9.91. The van der Waals surface area contributed by atoms with Gasteiger partial charge in [0.05, 0.1) is 0 Å². The molecule has 1 saturated carbocycles. The van der Waals surface area contributed by atoms with Crippen LogP contribution in [-0.2, 0) is 9.59 Å². The van der Waals surface area contributed by atoms with Crippen LogP contribution in [0.25, 0.3) is 0 Å². The van der Waals surface area contributed by atoms with Crippen LogP contribution in [0.5, 0.6) is 0 Å². The Labute approximate surface area is 95.1 Å². The summed E-state index contributed by atoms with van der Waals surface area (Å²) in [5.74, 6) is -0.110. The number of nitrogens with one attached hydrogen (secondary N) is 2. The summed E-state index contributed by atoms with van der Waals surface area (Å²) in [5, 5.41) is 5.62. The largest absolute Gasteiger partial charge is 0.350 e. The molecule has 1 saturated heterocycles. The molecule has 2 amide bonds. The van der Waals surface area contributed by atoms with Gasteiger partial charge in [-0.25, -0.2) is 0 Å². The second-order valence-electron chi connectivity index (χ2n) is 4.72. The molecule has 16 heavy (non-hydrogen) atoms. The van der Waals surface area contributed by atoms with E-state index in [4.69, 9.17) is 5.73 Å². The summed E-state index contributed by atoms with van der Waals surface area (Å²) in [6.07, 6.45) is 5.25. The molecule has 3 atom stereocenters. The van der Waals surface area contributed by atoms with E-state index >= 15 is 0 Å². The first-order chi connectivity index (χ1) is 7.66. The molecular weight excluding hydrogens is 206 g/mol. The van der Waals surface area contributed by atoms with Crippen molar-refractivity contribution in [2.24, 2.45) is 5.73 Å². The number of amides is 2. The van der Waals surface area contributed by atoms with Gasteiger partial charge in [-0.3, -0.25) is 9.59 Å². The van der Waals surface area contributed by atoms with E-state index in [1.54, 1.807) is 0 Å². The molecule has 2 fully saturated rings. The summed E-state index contributed by atoms with van der Waals surface area (Å²) >= 11 is 0.